The zero-order valence-corrected chi connectivity index (χ0v) is 17.3. The first-order valence-corrected chi connectivity index (χ1v) is 10.4. The first-order valence-electron chi connectivity index (χ1n) is 10.0. The summed E-state index contributed by atoms with van der Waals surface area (Å²) in [4.78, 5) is 0. The van der Waals surface area contributed by atoms with Crippen molar-refractivity contribution >= 4 is 22.4 Å². The Morgan fingerprint density at radius 2 is 1.60 bits per heavy atom. The molecule has 0 aromatic heterocycles. The van der Waals surface area contributed by atoms with Crippen molar-refractivity contribution in [1.29, 1.82) is 0 Å². The molecular weight excluding hydrogens is 397 g/mol. The first kappa shape index (κ1) is 20.4. The Morgan fingerprint density at radius 3 is 2.43 bits per heavy atom. The molecule has 4 aromatic carbocycles. The molecule has 1 N–H and O–H groups in total. The molecule has 4 rings (SSSR count). The van der Waals surface area contributed by atoms with Crippen LogP contribution >= 0.6 is 11.6 Å². The van der Waals surface area contributed by atoms with Gasteiger partial charge in [-0.15, -0.1) is 0 Å². The van der Waals surface area contributed by atoms with Gasteiger partial charge >= 0.3 is 0 Å². The molecule has 0 aliphatic rings. The standard InChI is InChI=1S/C26H23ClFNO/c27-22-12-9-19(10-13-22)15-16-29-17-24-23-7-3-1-5-20(23)11-14-26(24)30-18-21-6-2-4-8-25(21)28/h1-14,29H,15-18H2. The Balaban J connectivity index is 1.48. The van der Waals surface area contributed by atoms with E-state index in [2.05, 4.69) is 17.4 Å². The van der Waals surface area contributed by atoms with Crippen LogP contribution in [0, 0.1) is 5.82 Å². The molecule has 30 heavy (non-hydrogen) atoms. The van der Waals surface area contributed by atoms with Crippen LogP contribution in [0.2, 0.25) is 5.02 Å². The summed E-state index contributed by atoms with van der Waals surface area (Å²) < 4.78 is 20.0. The molecule has 4 aromatic rings. The first-order chi connectivity index (χ1) is 14.7. The molecule has 0 unspecified atom stereocenters. The molecule has 0 atom stereocenters. The Labute approximate surface area is 181 Å². The highest BCUT2D eigenvalue weighted by atomic mass is 35.5. The van der Waals surface area contributed by atoms with Crippen LogP contribution in [0.25, 0.3) is 10.8 Å². The molecule has 4 heteroatoms. The molecule has 0 saturated heterocycles. The lowest BCUT2D eigenvalue weighted by atomic mass is 10.0. The highest BCUT2D eigenvalue weighted by Gasteiger charge is 2.10. The van der Waals surface area contributed by atoms with Crippen molar-refractivity contribution in [3.63, 3.8) is 0 Å². The summed E-state index contributed by atoms with van der Waals surface area (Å²) >= 11 is 5.96. The third kappa shape index (κ3) is 4.99. The van der Waals surface area contributed by atoms with Crippen molar-refractivity contribution in [1.82, 2.24) is 5.32 Å². The summed E-state index contributed by atoms with van der Waals surface area (Å²) in [6.45, 7) is 1.70. The number of ether oxygens (including phenoxy) is 1. The molecule has 0 radical (unpaired) electrons. The minimum atomic E-state index is -0.249. The maximum absolute atomic E-state index is 14.0. The van der Waals surface area contributed by atoms with E-state index in [0.29, 0.717) is 12.1 Å². The fraction of sp³-hybridized carbons (Fsp3) is 0.154. The van der Waals surface area contributed by atoms with E-state index in [9.17, 15) is 4.39 Å². The lowest BCUT2D eigenvalue weighted by molar-refractivity contribution is 0.296. The second-order valence-electron chi connectivity index (χ2n) is 7.20. The molecule has 0 fully saturated rings. The normalized spacial score (nSPS) is 11.0. The topological polar surface area (TPSA) is 21.3 Å². The van der Waals surface area contributed by atoms with Crippen LogP contribution < -0.4 is 10.1 Å². The van der Waals surface area contributed by atoms with Gasteiger partial charge in [0.1, 0.15) is 18.2 Å². The zero-order valence-electron chi connectivity index (χ0n) is 16.6. The van der Waals surface area contributed by atoms with Gasteiger partial charge in [-0.25, -0.2) is 4.39 Å². The van der Waals surface area contributed by atoms with Gasteiger partial charge in [-0.05, 0) is 53.6 Å². The summed E-state index contributed by atoms with van der Waals surface area (Å²) in [6.07, 6.45) is 0.910. The van der Waals surface area contributed by atoms with E-state index in [-0.39, 0.29) is 12.4 Å². The molecule has 0 heterocycles. The Morgan fingerprint density at radius 1 is 0.833 bits per heavy atom. The highest BCUT2D eigenvalue weighted by molar-refractivity contribution is 6.30. The molecule has 152 valence electrons. The number of benzene rings is 4. The SMILES string of the molecule is Fc1ccccc1COc1ccc2ccccc2c1CNCCc1ccc(Cl)cc1. The predicted molar refractivity (Wildman–Crippen MR) is 122 cm³/mol. The van der Waals surface area contributed by atoms with E-state index in [1.165, 1.54) is 11.6 Å². The van der Waals surface area contributed by atoms with Gasteiger partial charge in [0.15, 0.2) is 0 Å². The van der Waals surface area contributed by atoms with Crippen LogP contribution in [0.5, 0.6) is 5.75 Å². The number of hydrogen-bond donors (Lipinski definition) is 1. The zero-order chi connectivity index (χ0) is 20.8. The molecular formula is C26H23ClFNO. The average molecular weight is 420 g/mol. The Bertz CT molecular complexity index is 1130. The number of halogens is 2. The van der Waals surface area contributed by atoms with Gasteiger partial charge in [-0.3, -0.25) is 0 Å². The number of nitrogens with one attached hydrogen (secondary N) is 1. The quantitative estimate of drug-likeness (QED) is 0.327. The van der Waals surface area contributed by atoms with E-state index in [0.717, 1.165) is 40.1 Å². The molecule has 0 amide bonds. The van der Waals surface area contributed by atoms with Gasteiger partial charge in [0.25, 0.3) is 0 Å². The summed E-state index contributed by atoms with van der Waals surface area (Å²) in [5.41, 5.74) is 2.87. The fourth-order valence-corrected chi connectivity index (χ4v) is 3.63. The van der Waals surface area contributed by atoms with Gasteiger partial charge in [0, 0.05) is 22.7 Å². The van der Waals surface area contributed by atoms with Gasteiger partial charge in [-0.1, -0.05) is 72.3 Å². The van der Waals surface area contributed by atoms with Crippen molar-refractivity contribution < 1.29 is 9.13 Å². The second kappa shape index (κ2) is 9.75. The van der Waals surface area contributed by atoms with Crippen LogP contribution in [0.15, 0.2) is 84.9 Å². The van der Waals surface area contributed by atoms with E-state index in [4.69, 9.17) is 16.3 Å². The van der Waals surface area contributed by atoms with Gasteiger partial charge in [0.05, 0.1) is 0 Å². The second-order valence-corrected chi connectivity index (χ2v) is 7.63. The number of rotatable bonds is 8. The van der Waals surface area contributed by atoms with Gasteiger partial charge in [0.2, 0.25) is 0 Å². The average Bonchev–Trinajstić information content (AvgIpc) is 2.78. The van der Waals surface area contributed by atoms with Gasteiger partial charge < -0.3 is 10.1 Å². The lowest BCUT2D eigenvalue weighted by Crippen LogP contribution is -2.17. The molecule has 0 aliphatic carbocycles. The van der Waals surface area contributed by atoms with Crippen LogP contribution in [0.3, 0.4) is 0 Å². The molecule has 0 spiro atoms. The molecule has 2 nitrogen and oxygen atoms in total. The minimum Gasteiger partial charge on any atom is -0.488 e. The molecule has 0 saturated carbocycles. The maximum atomic E-state index is 14.0. The number of fused-ring (bicyclic) bond motifs is 1. The number of hydrogen-bond acceptors (Lipinski definition) is 2. The van der Waals surface area contributed by atoms with Crippen molar-refractivity contribution in [2.24, 2.45) is 0 Å². The summed E-state index contributed by atoms with van der Waals surface area (Å²) in [5.74, 6) is 0.525. The third-order valence-electron chi connectivity index (χ3n) is 5.14. The maximum Gasteiger partial charge on any atom is 0.129 e. The Hall–Kier alpha value is -2.88. The van der Waals surface area contributed by atoms with E-state index in [1.807, 2.05) is 54.6 Å². The van der Waals surface area contributed by atoms with Crippen molar-refractivity contribution in [3.8, 4) is 5.75 Å². The van der Waals surface area contributed by atoms with Gasteiger partial charge in [-0.2, -0.15) is 0 Å². The summed E-state index contributed by atoms with van der Waals surface area (Å²) in [6, 6.07) is 26.9. The third-order valence-corrected chi connectivity index (χ3v) is 5.40. The minimum absolute atomic E-state index is 0.197. The van der Waals surface area contributed by atoms with Crippen molar-refractivity contribution in [3.05, 3.63) is 112 Å². The Kier molecular flexibility index (Phi) is 6.63. The largest absolute Gasteiger partial charge is 0.488 e. The van der Waals surface area contributed by atoms with Crippen LogP contribution in [-0.2, 0) is 19.6 Å². The van der Waals surface area contributed by atoms with Crippen LogP contribution in [0.4, 0.5) is 4.39 Å². The molecule has 0 aliphatic heterocycles. The monoisotopic (exact) mass is 419 g/mol. The smallest absolute Gasteiger partial charge is 0.129 e. The van der Waals surface area contributed by atoms with Crippen molar-refractivity contribution in [2.75, 3.05) is 6.54 Å². The van der Waals surface area contributed by atoms with Crippen LogP contribution in [-0.4, -0.2) is 6.54 Å². The highest BCUT2D eigenvalue weighted by Crippen LogP contribution is 2.29. The van der Waals surface area contributed by atoms with Crippen LogP contribution in [0.1, 0.15) is 16.7 Å². The fourth-order valence-electron chi connectivity index (χ4n) is 3.50. The summed E-state index contributed by atoms with van der Waals surface area (Å²) in [7, 11) is 0. The van der Waals surface area contributed by atoms with E-state index >= 15 is 0 Å². The summed E-state index contributed by atoms with van der Waals surface area (Å²) in [5, 5.41) is 6.57. The van der Waals surface area contributed by atoms with E-state index in [1.54, 1.807) is 12.1 Å². The lowest BCUT2D eigenvalue weighted by Gasteiger charge is -2.15. The van der Waals surface area contributed by atoms with E-state index < -0.39 is 0 Å². The molecule has 0 bridgehead atoms. The predicted octanol–water partition coefficient (Wildman–Crippen LogP) is 6.54. The van der Waals surface area contributed by atoms with Crippen molar-refractivity contribution in [2.45, 2.75) is 19.6 Å².